The summed E-state index contributed by atoms with van der Waals surface area (Å²) in [5.41, 5.74) is 1.81. The Bertz CT molecular complexity index is 879. The van der Waals surface area contributed by atoms with E-state index in [0.717, 1.165) is 44.6 Å². The van der Waals surface area contributed by atoms with Crippen molar-refractivity contribution in [3.8, 4) is 0 Å². The second-order valence-electron chi connectivity index (χ2n) is 10.2. The molecule has 0 aromatic carbocycles. The van der Waals surface area contributed by atoms with Gasteiger partial charge in [0.15, 0.2) is 5.03 Å². The summed E-state index contributed by atoms with van der Waals surface area (Å²) >= 11 is 0. The van der Waals surface area contributed by atoms with Gasteiger partial charge in [-0.15, -0.1) is 0 Å². The smallest absolute Gasteiger partial charge is 0.260 e. The van der Waals surface area contributed by atoms with Crippen LogP contribution in [0.3, 0.4) is 0 Å². The number of sulfonamides is 1. The van der Waals surface area contributed by atoms with E-state index in [2.05, 4.69) is 10.00 Å². The zero-order valence-electron chi connectivity index (χ0n) is 16.6. The normalized spacial score (nSPS) is 30.2. The van der Waals surface area contributed by atoms with Crippen LogP contribution in [0, 0.1) is 10.8 Å². The molecule has 1 aromatic rings. The average Bonchev–Trinajstić information content (AvgIpc) is 3.33. The quantitative estimate of drug-likeness (QED) is 0.759. The molecule has 6 rings (SSSR count). The van der Waals surface area contributed by atoms with Crippen LogP contribution in [-0.2, 0) is 21.8 Å². The molecule has 1 aromatic heterocycles. The van der Waals surface area contributed by atoms with Crippen molar-refractivity contribution in [2.75, 3.05) is 39.4 Å². The third-order valence-corrected chi connectivity index (χ3v) is 9.94. The molecular weight excluding hydrogens is 376 g/mol. The fraction of sp³-hybridized carbons (Fsp3) is 0.850. The molecule has 3 saturated heterocycles. The van der Waals surface area contributed by atoms with Crippen LogP contribution in [0.2, 0.25) is 0 Å². The number of likely N-dealkylation sites (tertiary alicyclic amines) is 1. The summed E-state index contributed by atoms with van der Waals surface area (Å²) in [5, 5.41) is 4.82. The lowest BCUT2D eigenvalue weighted by Crippen LogP contribution is -2.70. The monoisotopic (exact) mass is 406 g/mol. The second-order valence-corrected chi connectivity index (χ2v) is 12.1. The standard InChI is InChI=1S/C20H30N4O3S/c1-22-18(8-17(21-22)15-2-3-15)28(25,26)24-6-4-19(5-7-24)9-16(10-19)23-11-20(12-23)13-27-14-20/h8,15-16H,2-7,9-14H2,1H3. The minimum absolute atomic E-state index is 0.366. The molecule has 8 heteroatoms. The first kappa shape index (κ1) is 17.9. The van der Waals surface area contributed by atoms with Crippen LogP contribution in [0.5, 0.6) is 0 Å². The molecule has 154 valence electrons. The Morgan fingerprint density at radius 2 is 1.79 bits per heavy atom. The maximum absolute atomic E-state index is 13.2. The highest BCUT2D eigenvalue weighted by Crippen LogP contribution is 2.54. The molecule has 5 aliphatic rings. The number of aromatic nitrogens is 2. The van der Waals surface area contributed by atoms with E-state index in [4.69, 9.17) is 4.74 Å². The van der Waals surface area contributed by atoms with Gasteiger partial charge >= 0.3 is 0 Å². The van der Waals surface area contributed by atoms with Crippen LogP contribution >= 0.6 is 0 Å². The van der Waals surface area contributed by atoms with E-state index in [0.29, 0.717) is 40.9 Å². The van der Waals surface area contributed by atoms with Crippen LogP contribution < -0.4 is 0 Å². The molecule has 3 aliphatic heterocycles. The van der Waals surface area contributed by atoms with Gasteiger partial charge in [0.05, 0.1) is 18.9 Å². The summed E-state index contributed by atoms with van der Waals surface area (Å²) in [6.45, 7) is 5.61. The van der Waals surface area contributed by atoms with Gasteiger partial charge < -0.3 is 4.74 Å². The van der Waals surface area contributed by atoms with Crippen LogP contribution in [0.15, 0.2) is 11.1 Å². The summed E-state index contributed by atoms with van der Waals surface area (Å²) in [6.07, 6.45) is 6.76. The van der Waals surface area contributed by atoms with Crippen LogP contribution in [0.25, 0.3) is 0 Å². The van der Waals surface area contributed by atoms with Gasteiger partial charge in [-0.1, -0.05) is 0 Å². The average molecular weight is 407 g/mol. The molecule has 0 amide bonds. The molecular formula is C20H30N4O3S. The lowest BCUT2D eigenvalue weighted by molar-refractivity contribution is -0.215. The summed E-state index contributed by atoms with van der Waals surface area (Å²) < 4.78 is 35.0. The Balaban J connectivity index is 1.07. The van der Waals surface area contributed by atoms with E-state index in [1.54, 1.807) is 22.1 Å². The van der Waals surface area contributed by atoms with Gasteiger partial charge in [-0.2, -0.15) is 9.40 Å². The van der Waals surface area contributed by atoms with E-state index >= 15 is 0 Å². The number of piperidine rings is 1. The fourth-order valence-corrected chi connectivity index (χ4v) is 7.45. The largest absolute Gasteiger partial charge is 0.380 e. The zero-order valence-corrected chi connectivity index (χ0v) is 17.5. The first-order valence-electron chi connectivity index (χ1n) is 10.7. The maximum Gasteiger partial charge on any atom is 0.260 e. The zero-order chi connectivity index (χ0) is 19.1. The number of ether oxygens (including phenoxy) is 1. The first-order valence-corrected chi connectivity index (χ1v) is 12.2. The highest BCUT2D eigenvalue weighted by Gasteiger charge is 2.56. The Labute approximate surface area is 167 Å². The van der Waals surface area contributed by atoms with Gasteiger partial charge in [0.2, 0.25) is 0 Å². The van der Waals surface area contributed by atoms with Gasteiger partial charge in [0, 0.05) is 56.7 Å². The van der Waals surface area contributed by atoms with Crippen molar-refractivity contribution < 1.29 is 13.2 Å². The highest BCUT2D eigenvalue weighted by atomic mass is 32.2. The van der Waals surface area contributed by atoms with E-state index < -0.39 is 10.0 Å². The van der Waals surface area contributed by atoms with Crippen molar-refractivity contribution in [2.45, 2.75) is 55.5 Å². The van der Waals surface area contributed by atoms with Gasteiger partial charge in [0.1, 0.15) is 0 Å². The first-order chi connectivity index (χ1) is 13.4. The Morgan fingerprint density at radius 3 is 2.36 bits per heavy atom. The molecule has 0 unspecified atom stereocenters. The van der Waals surface area contributed by atoms with Crippen molar-refractivity contribution in [1.29, 1.82) is 0 Å². The van der Waals surface area contributed by atoms with E-state index in [-0.39, 0.29) is 0 Å². The van der Waals surface area contributed by atoms with Crippen LogP contribution in [0.4, 0.5) is 0 Å². The lowest BCUT2D eigenvalue weighted by atomic mass is 9.59. The SMILES string of the molecule is Cn1nc(C2CC2)cc1S(=O)(=O)N1CCC2(CC1)CC(N1CC3(COC3)C1)C2. The fourth-order valence-electron chi connectivity index (χ4n) is 5.88. The summed E-state index contributed by atoms with van der Waals surface area (Å²) in [6, 6.07) is 2.52. The van der Waals surface area contributed by atoms with Crippen molar-refractivity contribution in [3.05, 3.63) is 11.8 Å². The molecule has 0 radical (unpaired) electrons. The molecule has 2 aliphatic carbocycles. The highest BCUT2D eigenvalue weighted by molar-refractivity contribution is 7.89. The number of hydrogen-bond donors (Lipinski definition) is 0. The van der Waals surface area contributed by atoms with Crippen LogP contribution in [-0.4, -0.2) is 72.8 Å². The van der Waals surface area contributed by atoms with E-state index in [1.165, 1.54) is 25.9 Å². The van der Waals surface area contributed by atoms with Gasteiger partial charge in [0.25, 0.3) is 10.0 Å². The van der Waals surface area contributed by atoms with Crippen molar-refractivity contribution in [2.24, 2.45) is 17.9 Å². The minimum atomic E-state index is -3.44. The molecule has 0 N–H and O–H groups in total. The Hall–Kier alpha value is -0.960. The predicted octanol–water partition coefficient (Wildman–Crippen LogP) is 1.56. The van der Waals surface area contributed by atoms with Gasteiger partial charge in [-0.25, -0.2) is 8.42 Å². The van der Waals surface area contributed by atoms with E-state index in [1.807, 2.05) is 0 Å². The molecule has 5 fully saturated rings. The second kappa shape index (κ2) is 5.80. The molecule has 7 nitrogen and oxygen atoms in total. The van der Waals surface area contributed by atoms with Gasteiger partial charge in [-0.05, 0) is 43.9 Å². The molecule has 4 heterocycles. The Morgan fingerprint density at radius 1 is 1.11 bits per heavy atom. The summed E-state index contributed by atoms with van der Waals surface area (Å²) in [5.74, 6) is 0.471. The lowest BCUT2D eigenvalue weighted by Gasteiger charge is -2.63. The Kier molecular flexibility index (Phi) is 3.70. The predicted molar refractivity (Wildman–Crippen MR) is 103 cm³/mol. The van der Waals surface area contributed by atoms with Crippen LogP contribution in [0.1, 0.15) is 50.1 Å². The minimum Gasteiger partial charge on any atom is -0.380 e. The topological polar surface area (TPSA) is 67.7 Å². The van der Waals surface area contributed by atoms with Crippen molar-refractivity contribution in [1.82, 2.24) is 19.0 Å². The van der Waals surface area contributed by atoms with Crippen molar-refractivity contribution in [3.63, 3.8) is 0 Å². The van der Waals surface area contributed by atoms with E-state index in [9.17, 15) is 8.42 Å². The molecule has 2 saturated carbocycles. The third-order valence-electron chi connectivity index (χ3n) is 7.99. The van der Waals surface area contributed by atoms with Crippen molar-refractivity contribution >= 4 is 10.0 Å². The number of aryl methyl sites for hydroxylation is 1. The maximum atomic E-state index is 13.2. The molecule has 0 bridgehead atoms. The number of rotatable bonds is 4. The molecule has 0 atom stereocenters. The number of nitrogens with zero attached hydrogens (tertiary/aromatic N) is 4. The third kappa shape index (κ3) is 2.64. The summed E-state index contributed by atoms with van der Waals surface area (Å²) in [7, 11) is -1.68. The van der Waals surface area contributed by atoms with Gasteiger partial charge in [-0.3, -0.25) is 9.58 Å². The molecule has 28 heavy (non-hydrogen) atoms. The summed E-state index contributed by atoms with van der Waals surface area (Å²) in [4.78, 5) is 2.63. The molecule has 2 spiro atoms. The number of hydrogen-bond acceptors (Lipinski definition) is 5.